The zero-order valence-electron chi connectivity index (χ0n) is 22.1. The van der Waals surface area contributed by atoms with Crippen LogP contribution in [0.3, 0.4) is 0 Å². The molecule has 0 aliphatic carbocycles. The Balaban J connectivity index is 1.38. The van der Waals surface area contributed by atoms with Crippen molar-refractivity contribution in [2.45, 2.75) is 33.3 Å². The van der Waals surface area contributed by atoms with Gasteiger partial charge < -0.3 is 24.6 Å². The Labute approximate surface area is 219 Å². The summed E-state index contributed by atoms with van der Waals surface area (Å²) in [5.74, 6) is 0.250. The van der Waals surface area contributed by atoms with E-state index < -0.39 is 5.60 Å². The summed E-state index contributed by atoms with van der Waals surface area (Å²) in [7, 11) is 1.51. The highest BCUT2D eigenvalue weighted by Gasteiger charge is 2.27. The number of nitrogens with one attached hydrogen (secondary N) is 1. The molecule has 198 valence electrons. The summed E-state index contributed by atoms with van der Waals surface area (Å²) in [6.07, 6.45) is 4.80. The molecule has 5 rings (SSSR count). The lowest BCUT2D eigenvalue weighted by Gasteiger charge is -2.37. The van der Waals surface area contributed by atoms with Gasteiger partial charge in [0.2, 0.25) is 5.65 Å². The highest BCUT2D eigenvalue weighted by Crippen LogP contribution is 2.30. The first-order valence-electron chi connectivity index (χ1n) is 12.3. The van der Waals surface area contributed by atoms with Gasteiger partial charge in [-0.05, 0) is 45.9 Å². The van der Waals surface area contributed by atoms with Gasteiger partial charge in [-0.15, -0.1) is 5.10 Å². The summed E-state index contributed by atoms with van der Waals surface area (Å²) in [6, 6.07) is 5.48. The third kappa shape index (κ3) is 5.01. The lowest BCUT2D eigenvalue weighted by Crippen LogP contribution is -2.50. The molecule has 3 aromatic heterocycles. The number of aromatic nitrogens is 5. The van der Waals surface area contributed by atoms with Gasteiger partial charge in [0.15, 0.2) is 5.82 Å². The minimum atomic E-state index is -0.538. The van der Waals surface area contributed by atoms with Crippen molar-refractivity contribution in [2.24, 2.45) is 0 Å². The molecule has 2 amide bonds. The number of fused-ring (bicyclic) bond motifs is 2. The average molecular weight is 519 g/mol. The lowest BCUT2D eigenvalue weighted by molar-refractivity contribution is 0.0240. The van der Waals surface area contributed by atoms with E-state index in [4.69, 9.17) is 9.47 Å². The first-order chi connectivity index (χ1) is 18.1. The first kappa shape index (κ1) is 25.2. The molecule has 0 atom stereocenters. The quantitative estimate of drug-likeness (QED) is 0.433. The van der Waals surface area contributed by atoms with Crippen molar-refractivity contribution in [1.29, 1.82) is 0 Å². The van der Waals surface area contributed by atoms with Gasteiger partial charge in [0.25, 0.3) is 11.8 Å². The molecule has 1 aliphatic rings. The molecule has 1 aromatic carbocycles. The van der Waals surface area contributed by atoms with Crippen molar-refractivity contribution in [3.63, 3.8) is 0 Å². The number of aryl methyl sites for hydroxylation is 1. The number of imidazole rings is 1. The minimum absolute atomic E-state index is 0.307. The lowest BCUT2D eigenvalue weighted by atomic mass is 10.1. The van der Waals surface area contributed by atoms with Gasteiger partial charge in [0.1, 0.15) is 11.1 Å². The number of carbonyl (C=O) groups is 2. The number of piperazine rings is 1. The Morgan fingerprint density at radius 3 is 2.50 bits per heavy atom. The molecule has 1 aliphatic heterocycles. The van der Waals surface area contributed by atoms with Crippen LogP contribution in [-0.2, 0) is 4.74 Å². The van der Waals surface area contributed by atoms with Gasteiger partial charge in [-0.3, -0.25) is 9.20 Å². The summed E-state index contributed by atoms with van der Waals surface area (Å²) in [5.41, 5.74) is 2.59. The molecule has 1 N–H and O–H groups in total. The molecule has 0 spiro atoms. The highest BCUT2D eigenvalue weighted by molar-refractivity contribution is 6.13. The van der Waals surface area contributed by atoms with Crippen molar-refractivity contribution in [2.75, 3.05) is 43.5 Å². The number of methoxy groups -OCH3 is 1. The summed E-state index contributed by atoms with van der Waals surface area (Å²) in [5, 5.41) is 12.0. The van der Waals surface area contributed by atoms with Crippen LogP contribution in [0.15, 0.2) is 36.8 Å². The standard InChI is InChI=1S/C26H30N8O4/c1-16-14-34-15-20(30-24(37-5)22(34)28-16)29-23(35)18-6-7-19(17-8-9-27-31-21(17)18)32-10-12-33(13-11-32)25(36)38-26(2,3)4/h6-9,14-15H,10-13H2,1-5H3,(H,29,35). The molecule has 1 saturated heterocycles. The average Bonchev–Trinajstić information content (AvgIpc) is 3.26. The molecule has 0 radical (unpaired) electrons. The minimum Gasteiger partial charge on any atom is -0.478 e. The predicted octanol–water partition coefficient (Wildman–Crippen LogP) is 3.30. The monoisotopic (exact) mass is 518 g/mol. The fraction of sp³-hybridized carbons (Fsp3) is 0.385. The molecule has 4 heterocycles. The molecule has 0 unspecified atom stereocenters. The zero-order chi connectivity index (χ0) is 27.0. The fourth-order valence-electron chi connectivity index (χ4n) is 4.46. The Morgan fingerprint density at radius 1 is 1.03 bits per heavy atom. The second kappa shape index (κ2) is 9.77. The number of carbonyl (C=O) groups excluding carboxylic acids is 2. The predicted molar refractivity (Wildman–Crippen MR) is 142 cm³/mol. The van der Waals surface area contributed by atoms with Crippen LogP contribution in [0.5, 0.6) is 5.88 Å². The van der Waals surface area contributed by atoms with Gasteiger partial charge in [-0.2, -0.15) is 10.1 Å². The third-order valence-electron chi connectivity index (χ3n) is 6.14. The SMILES string of the molecule is COc1nc(NC(=O)c2ccc(N3CCN(C(=O)OC(C)(C)C)CC3)c3ccnnc23)cn2cc(C)nc12. The van der Waals surface area contributed by atoms with Crippen molar-refractivity contribution in [3.8, 4) is 5.88 Å². The molecule has 12 heteroatoms. The van der Waals surface area contributed by atoms with E-state index in [-0.39, 0.29) is 12.0 Å². The van der Waals surface area contributed by atoms with E-state index in [2.05, 4.69) is 30.4 Å². The van der Waals surface area contributed by atoms with Crippen LogP contribution in [0, 0.1) is 6.92 Å². The number of amides is 2. The second-order valence-electron chi connectivity index (χ2n) is 10.1. The highest BCUT2D eigenvalue weighted by atomic mass is 16.6. The maximum absolute atomic E-state index is 13.3. The molecule has 1 fully saturated rings. The Morgan fingerprint density at radius 2 is 1.79 bits per heavy atom. The normalized spacial score (nSPS) is 14.1. The van der Waals surface area contributed by atoms with E-state index in [1.807, 2.05) is 46.0 Å². The van der Waals surface area contributed by atoms with Crippen LogP contribution in [0.2, 0.25) is 0 Å². The smallest absolute Gasteiger partial charge is 0.410 e. The largest absolute Gasteiger partial charge is 0.478 e. The van der Waals surface area contributed by atoms with Crippen molar-refractivity contribution < 1.29 is 19.1 Å². The van der Waals surface area contributed by atoms with E-state index in [1.54, 1.807) is 27.8 Å². The topological polar surface area (TPSA) is 127 Å². The van der Waals surface area contributed by atoms with Crippen LogP contribution in [0.4, 0.5) is 16.3 Å². The van der Waals surface area contributed by atoms with Crippen LogP contribution in [0.25, 0.3) is 16.6 Å². The second-order valence-corrected chi connectivity index (χ2v) is 10.1. The van der Waals surface area contributed by atoms with E-state index >= 15 is 0 Å². The molecule has 4 aromatic rings. The fourth-order valence-corrected chi connectivity index (χ4v) is 4.46. The summed E-state index contributed by atoms with van der Waals surface area (Å²) in [4.78, 5) is 38.5. The van der Waals surface area contributed by atoms with Gasteiger partial charge in [-0.25, -0.2) is 9.78 Å². The van der Waals surface area contributed by atoms with Gasteiger partial charge >= 0.3 is 6.09 Å². The molecule has 12 nitrogen and oxygen atoms in total. The van der Waals surface area contributed by atoms with Crippen LogP contribution in [0.1, 0.15) is 36.8 Å². The van der Waals surface area contributed by atoms with E-state index in [0.29, 0.717) is 54.6 Å². The van der Waals surface area contributed by atoms with Crippen LogP contribution in [-0.4, -0.2) is 80.4 Å². The van der Waals surface area contributed by atoms with Gasteiger partial charge in [0.05, 0.1) is 30.8 Å². The van der Waals surface area contributed by atoms with Gasteiger partial charge in [-0.1, -0.05) is 0 Å². The number of hydrogen-bond donors (Lipinski definition) is 1. The number of hydrogen-bond acceptors (Lipinski definition) is 9. The number of ether oxygens (including phenoxy) is 2. The van der Waals surface area contributed by atoms with Crippen LogP contribution >= 0.6 is 0 Å². The Kier molecular flexibility index (Phi) is 6.47. The molecular formula is C26H30N8O4. The summed E-state index contributed by atoms with van der Waals surface area (Å²) >= 11 is 0. The maximum Gasteiger partial charge on any atom is 0.410 e. The number of benzene rings is 1. The van der Waals surface area contributed by atoms with Crippen molar-refractivity contribution in [3.05, 3.63) is 48.0 Å². The van der Waals surface area contributed by atoms with E-state index in [0.717, 1.165) is 16.8 Å². The zero-order valence-corrected chi connectivity index (χ0v) is 22.1. The third-order valence-corrected chi connectivity index (χ3v) is 6.14. The van der Waals surface area contributed by atoms with E-state index in [9.17, 15) is 9.59 Å². The molecule has 0 bridgehead atoms. The Hall–Kier alpha value is -4.48. The summed E-state index contributed by atoms with van der Waals surface area (Å²) < 4.78 is 12.6. The van der Waals surface area contributed by atoms with Gasteiger partial charge in [0, 0.05) is 43.4 Å². The number of anilines is 2. The number of rotatable bonds is 4. The van der Waals surface area contributed by atoms with Crippen molar-refractivity contribution >= 4 is 40.1 Å². The number of nitrogens with zero attached hydrogens (tertiary/aromatic N) is 7. The first-order valence-corrected chi connectivity index (χ1v) is 12.3. The van der Waals surface area contributed by atoms with Crippen LogP contribution < -0.4 is 15.0 Å². The Bertz CT molecular complexity index is 1520. The van der Waals surface area contributed by atoms with E-state index in [1.165, 1.54) is 7.11 Å². The van der Waals surface area contributed by atoms with Crippen molar-refractivity contribution in [1.82, 2.24) is 29.5 Å². The maximum atomic E-state index is 13.3. The summed E-state index contributed by atoms with van der Waals surface area (Å²) in [6.45, 7) is 9.74. The molecule has 38 heavy (non-hydrogen) atoms. The molecule has 0 saturated carbocycles. The molecular weight excluding hydrogens is 488 g/mol.